The van der Waals surface area contributed by atoms with Crippen LogP contribution in [-0.4, -0.2) is 9.78 Å². The van der Waals surface area contributed by atoms with Crippen molar-refractivity contribution in [2.45, 2.75) is 5.33 Å². The normalized spacial score (nSPS) is 10.6. The Labute approximate surface area is 103 Å². The monoisotopic (exact) mass is 332 g/mol. The van der Waals surface area contributed by atoms with Gasteiger partial charge in [0.2, 0.25) is 0 Å². The zero-order chi connectivity index (χ0) is 10.8. The van der Waals surface area contributed by atoms with Crippen LogP contribution in [-0.2, 0) is 5.33 Å². The molecule has 0 unspecified atom stereocenters. The first-order valence-electron chi connectivity index (χ1n) is 4.26. The highest BCUT2D eigenvalue weighted by Gasteiger charge is 2.09. The van der Waals surface area contributed by atoms with Crippen LogP contribution in [0.2, 0.25) is 0 Å². The molecular weight excluding hydrogens is 327 g/mol. The van der Waals surface area contributed by atoms with E-state index >= 15 is 0 Å². The molecule has 78 valence electrons. The maximum absolute atomic E-state index is 13.5. The highest BCUT2D eigenvalue weighted by atomic mass is 79.9. The SMILES string of the molecule is Fc1cccc(-n2cc(Br)cn2)c1CBr. The molecule has 1 heterocycles. The van der Waals surface area contributed by atoms with Gasteiger partial charge in [0.05, 0.1) is 16.4 Å². The van der Waals surface area contributed by atoms with E-state index in [2.05, 4.69) is 37.0 Å². The van der Waals surface area contributed by atoms with E-state index in [1.807, 2.05) is 6.07 Å². The molecule has 0 radical (unpaired) electrons. The lowest BCUT2D eigenvalue weighted by Crippen LogP contribution is -2.00. The van der Waals surface area contributed by atoms with E-state index in [9.17, 15) is 4.39 Å². The van der Waals surface area contributed by atoms with Gasteiger partial charge in [0.25, 0.3) is 0 Å². The Balaban J connectivity index is 2.57. The van der Waals surface area contributed by atoms with E-state index in [1.165, 1.54) is 6.07 Å². The lowest BCUT2D eigenvalue weighted by atomic mass is 10.2. The third-order valence-corrected chi connectivity index (χ3v) is 3.00. The summed E-state index contributed by atoms with van der Waals surface area (Å²) in [6.07, 6.45) is 3.46. The maximum Gasteiger partial charge on any atom is 0.129 e. The molecule has 5 heteroatoms. The molecule has 0 amide bonds. The predicted molar refractivity (Wildman–Crippen MR) is 63.9 cm³/mol. The Hall–Kier alpha value is -0.680. The van der Waals surface area contributed by atoms with E-state index in [1.54, 1.807) is 23.1 Å². The number of aromatic nitrogens is 2. The molecule has 0 fully saturated rings. The van der Waals surface area contributed by atoms with Gasteiger partial charge in [-0.1, -0.05) is 22.0 Å². The van der Waals surface area contributed by atoms with Crippen LogP contribution in [0.5, 0.6) is 0 Å². The number of benzene rings is 1. The quantitative estimate of drug-likeness (QED) is 0.767. The molecule has 0 bridgehead atoms. The summed E-state index contributed by atoms with van der Waals surface area (Å²) in [5.74, 6) is -0.226. The molecule has 0 aliphatic rings. The van der Waals surface area contributed by atoms with E-state index in [0.29, 0.717) is 10.9 Å². The van der Waals surface area contributed by atoms with Gasteiger partial charge in [0.15, 0.2) is 0 Å². The Morgan fingerprint density at radius 3 is 2.80 bits per heavy atom. The van der Waals surface area contributed by atoms with Gasteiger partial charge in [0, 0.05) is 17.1 Å². The molecule has 0 saturated heterocycles. The fraction of sp³-hybridized carbons (Fsp3) is 0.100. The first-order valence-corrected chi connectivity index (χ1v) is 6.17. The summed E-state index contributed by atoms with van der Waals surface area (Å²) in [7, 11) is 0. The first kappa shape index (κ1) is 10.8. The van der Waals surface area contributed by atoms with Gasteiger partial charge in [-0.25, -0.2) is 9.07 Å². The number of rotatable bonds is 2. The van der Waals surface area contributed by atoms with Crippen LogP contribution < -0.4 is 0 Å². The average Bonchev–Trinajstić information content (AvgIpc) is 2.64. The Morgan fingerprint density at radius 2 is 2.20 bits per heavy atom. The number of hydrogen-bond donors (Lipinski definition) is 0. The molecule has 0 saturated carbocycles. The highest BCUT2D eigenvalue weighted by molar-refractivity contribution is 9.10. The molecule has 1 aromatic carbocycles. The fourth-order valence-electron chi connectivity index (χ4n) is 1.33. The second-order valence-corrected chi connectivity index (χ2v) is 4.45. The summed E-state index contributed by atoms with van der Waals surface area (Å²) in [5.41, 5.74) is 1.35. The van der Waals surface area contributed by atoms with Gasteiger partial charge in [-0.05, 0) is 28.1 Å². The molecule has 1 aromatic heterocycles. The Kier molecular flexibility index (Phi) is 3.21. The van der Waals surface area contributed by atoms with Gasteiger partial charge in [-0.3, -0.25) is 0 Å². The van der Waals surface area contributed by atoms with Crippen LogP contribution in [0.1, 0.15) is 5.56 Å². The maximum atomic E-state index is 13.5. The van der Waals surface area contributed by atoms with Crippen LogP contribution in [0.3, 0.4) is 0 Å². The second-order valence-electron chi connectivity index (χ2n) is 2.97. The highest BCUT2D eigenvalue weighted by Crippen LogP contribution is 2.21. The van der Waals surface area contributed by atoms with Gasteiger partial charge >= 0.3 is 0 Å². The van der Waals surface area contributed by atoms with Gasteiger partial charge in [0.1, 0.15) is 5.82 Å². The second kappa shape index (κ2) is 4.45. The van der Waals surface area contributed by atoms with Crippen molar-refractivity contribution in [3.8, 4) is 5.69 Å². The predicted octanol–water partition coefficient (Wildman–Crippen LogP) is 3.67. The lowest BCUT2D eigenvalue weighted by molar-refractivity contribution is 0.614. The van der Waals surface area contributed by atoms with E-state index in [4.69, 9.17) is 0 Å². The Morgan fingerprint density at radius 1 is 1.40 bits per heavy atom. The minimum absolute atomic E-state index is 0.226. The van der Waals surface area contributed by atoms with Crippen LogP contribution >= 0.6 is 31.9 Å². The van der Waals surface area contributed by atoms with Gasteiger partial charge < -0.3 is 0 Å². The van der Waals surface area contributed by atoms with Crippen molar-refractivity contribution in [1.29, 1.82) is 0 Å². The number of hydrogen-bond acceptors (Lipinski definition) is 1. The van der Waals surface area contributed by atoms with Crippen molar-refractivity contribution < 1.29 is 4.39 Å². The lowest BCUT2D eigenvalue weighted by Gasteiger charge is -2.07. The van der Waals surface area contributed by atoms with Gasteiger partial charge in [-0.15, -0.1) is 0 Å². The topological polar surface area (TPSA) is 17.8 Å². The van der Waals surface area contributed by atoms with Gasteiger partial charge in [-0.2, -0.15) is 5.10 Å². The van der Waals surface area contributed by atoms with E-state index in [-0.39, 0.29) is 5.82 Å². The van der Waals surface area contributed by atoms with Crippen molar-refractivity contribution >= 4 is 31.9 Å². The molecule has 0 N–H and O–H groups in total. The summed E-state index contributed by atoms with van der Waals surface area (Å²) >= 11 is 6.58. The van der Waals surface area contributed by atoms with E-state index < -0.39 is 0 Å². The zero-order valence-corrected chi connectivity index (χ0v) is 10.8. The standard InChI is InChI=1S/C10H7Br2FN2/c11-4-8-9(13)2-1-3-10(8)15-6-7(12)5-14-15/h1-3,5-6H,4H2. The third-order valence-electron chi connectivity index (χ3n) is 2.03. The smallest absolute Gasteiger partial charge is 0.129 e. The molecule has 0 aliphatic heterocycles. The Bertz CT molecular complexity index is 482. The molecule has 15 heavy (non-hydrogen) atoms. The molecule has 2 rings (SSSR count). The minimum Gasteiger partial charge on any atom is -0.239 e. The van der Waals surface area contributed by atoms with Crippen molar-refractivity contribution in [3.63, 3.8) is 0 Å². The zero-order valence-electron chi connectivity index (χ0n) is 7.62. The summed E-state index contributed by atoms with van der Waals surface area (Å²) in [6.45, 7) is 0. The number of alkyl halides is 1. The minimum atomic E-state index is -0.226. The van der Waals surface area contributed by atoms with Crippen LogP contribution in [0, 0.1) is 5.82 Å². The van der Waals surface area contributed by atoms with Crippen molar-refractivity contribution in [2.24, 2.45) is 0 Å². The number of nitrogens with zero attached hydrogens (tertiary/aromatic N) is 2. The van der Waals surface area contributed by atoms with Crippen LogP contribution in [0.15, 0.2) is 35.1 Å². The number of halogens is 3. The summed E-state index contributed by atoms with van der Waals surface area (Å²) in [5, 5.41) is 4.58. The molecule has 2 nitrogen and oxygen atoms in total. The molecule has 0 aliphatic carbocycles. The molecule has 2 aromatic rings. The largest absolute Gasteiger partial charge is 0.239 e. The van der Waals surface area contributed by atoms with Crippen LogP contribution in [0.25, 0.3) is 5.69 Å². The summed E-state index contributed by atoms with van der Waals surface area (Å²) in [6, 6.07) is 4.95. The van der Waals surface area contributed by atoms with E-state index in [0.717, 1.165) is 10.2 Å². The molecule has 0 spiro atoms. The third kappa shape index (κ3) is 2.13. The summed E-state index contributed by atoms with van der Waals surface area (Å²) < 4.78 is 16.0. The first-order chi connectivity index (χ1) is 7.22. The van der Waals surface area contributed by atoms with Crippen molar-refractivity contribution in [1.82, 2.24) is 9.78 Å². The molecular formula is C10H7Br2FN2. The van der Waals surface area contributed by atoms with Crippen molar-refractivity contribution in [3.05, 3.63) is 46.4 Å². The molecule has 0 atom stereocenters. The average molecular weight is 334 g/mol. The summed E-state index contributed by atoms with van der Waals surface area (Å²) in [4.78, 5) is 0. The van der Waals surface area contributed by atoms with Crippen LogP contribution in [0.4, 0.5) is 4.39 Å². The fourth-order valence-corrected chi connectivity index (χ4v) is 2.17. The van der Waals surface area contributed by atoms with Crippen molar-refractivity contribution in [2.75, 3.05) is 0 Å².